The van der Waals surface area contributed by atoms with Gasteiger partial charge in [0.05, 0.1) is 29.6 Å². The molecule has 3 amide bonds. The summed E-state index contributed by atoms with van der Waals surface area (Å²) in [5.41, 5.74) is 7.20. The number of urea groups is 1. The highest BCUT2D eigenvalue weighted by atomic mass is 19.4. The lowest BCUT2D eigenvalue weighted by Crippen LogP contribution is -2.36. The third kappa shape index (κ3) is 3.19. The van der Waals surface area contributed by atoms with Crippen LogP contribution in [0.4, 0.5) is 29.3 Å². The molecule has 1 aromatic heterocycles. The van der Waals surface area contributed by atoms with Crippen molar-refractivity contribution in [2.24, 2.45) is 0 Å². The number of amides is 3. The molecule has 2 aromatic carbocycles. The number of imide groups is 1. The number of halogens is 3. The first-order chi connectivity index (χ1) is 15.2. The Morgan fingerprint density at radius 3 is 2.41 bits per heavy atom. The van der Waals surface area contributed by atoms with Gasteiger partial charge in [0.15, 0.2) is 0 Å². The fourth-order valence-electron chi connectivity index (χ4n) is 4.11. The zero-order valence-electron chi connectivity index (χ0n) is 16.6. The number of pyridine rings is 1. The van der Waals surface area contributed by atoms with E-state index in [1.807, 2.05) is 24.3 Å². The van der Waals surface area contributed by atoms with E-state index in [4.69, 9.17) is 5.73 Å². The van der Waals surface area contributed by atoms with Crippen molar-refractivity contribution in [1.82, 2.24) is 9.88 Å². The zero-order valence-corrected chi connectivity index (χ0v) is 16.6. The monoisotopic (exact) mass is 442 g/mol. The molecule has 3 aromatic rings. The quantitative estimate of drug-likeness (QED) is 0.612. The first kappa shape index (κ1) is 20.1. The van der Waals surface area contributed by atoms with Crippen molar-refractivity contribution < 1.29 is 27.5 Å². The minimum absolute atomic E-state index is 0.116. The van der Waals surface area contributed by atoms with E-state index in [1.54, 1.807) is 0 Å². The van der Waals surface area contributed by atoms with Crippen LogP contribution in [0.5, 0.6) is 5.75 Å². The minimum Gasteiger partial charge on any atom is -0.406 e. The van der Waals surface area contributed by atoms with Crippen LogP contribution < -0.4 is 15.4 Å². The molecule has 7 nitrogen and oxygen atoms in total. The van der Waals surface area contributed by atoms with Gasteiger partial charge < -0.3 is 15.4 Å². The normalized spacial score (nSPS) is 17.5. The molecule has 1 aliphatic heterocycles. The summed E-state index contributed by atoms with van der Waals surface area (Å²) in [6.45, 7) is 0.116. The minimum atomic E-state index is -4.83. The van der Waals surface area contributed by atoms with E-state index in [0.717, 1.165) is 27.9 Å². The molecule has 164 valence electrons. The predicted molar refractivity (Wildman–Crippen MR) is 110 cm³/mol. The molecule has 1 saturated heterocycles. The summed E-state index contributed by atoms with van der Waals surface area (Å²) in [7, 11) is 0. The summed E-state index contributed by atoms with van der Waals surface area (Å²) in [6.07, 6.45) is -2.29. The smallest absolute Gasteiger partial charge is 0.406 e. The van der Waals surface area contributed by atoms with Crippen LogP contribution in [0.2, 0.25) is 0 Å². The van der Waals surface area contributed by atoms with Gasteiger partial charge in [-0.3, -0.25) is 9.78 Å². The third-order valence-corrected chi connectivity index (χ3v) is 5.83. The van der Waals surface area contributed by atoms with Gasteiger partial charge in [-0.05, 0) is 43.2 Å². The first-order valence-corrected chi connectivity index (χ1v) is 9.84. The molecule has 0 bridgehead atoms. The standard InChI is InChI=1S/C22H17F3N4O3/c23-22(24,25)32-14-7-5-13(6-8-14)29-19(30)21(9-10-21)28(20(29)31)12-16-15-3-1-2-4-18(15)27-11-17(16)26/h1-8,11H,9-10,12,26H2. The van der Waals surface area contributed by atoms with Gasteiger partial charge in [0, 0.05) is 10.9 Å². The van der Waals surface area contributed by atoms with E-state index < -0.39 is 29.6 Å². The van der Waals surface area contributed by atoms with Crippen LogP contribution in [0.1, 0.15) is 18.4 Å². The van der Waals surface area contributed by atoms with Crippen molar-refractivity contribution in [3.63, 3.8) is 0 Å². The van der Waals surface area contributed by atoms with Crippen LogP contribution in [-0.2, 0) is 11.3 Å². The van der Waals surface area contributed by atoms with Crippen molar-refractivity contribution in [3.05, 3.63) is 60.3 Å². The molecule has 1 spiro atoms. The molecule has 1 saturated carbocycles. The number of hydrogen-bond donors (Lipinski definition) is 1. The SMILES string of the molecule is Nc1cnc2ccccc2c1CN1C(=O)N(c2ccc(OC(F)(F)F)cc2)C(=O)C12CC2. The van der Waals surface area contributed by atoms with E-state index >= 15 is 0 Å². The summed E-state index contributed by atoms with van der Waals surface area (Å²) in [5.74, 6) is -0.835. The molecule has 0 unspecified atom stereocenters. The zero-order chi connectivity index (χ0) is 22.7. The Bertz CT molecular complexity index is 1240. The number of ether oxygens (including phenoxy) is 1. The molecule has 5 rings (SSSR count). The van der Waals surface area contributed by atoms with Gasteiger partial charge in [0.2, 0.25) is 0 Å². The Morgan fingerprint density at radius 2 is 1.75 bits per heavy atom. The average molecular weight is 442 g/mol. The predicted octanol–water partition coefficient (Wildman–Crippen LogP) is 4.22. The second kappa shape index (κ2) is 6.84. The maximum atomic E-state index is 13.3. The lowest BCUT2D eigenvalue weighted by molar-refractivity contribution is -0.274. The van der Waals surface area contributed by atoms with Crippen LogP contribution in [0, 0.1) is 0 Å². The molecular formula is C22H17F3N4O3. The number of benzene rings is 2. The van der Waals surface area contributed by atoms with E-state index in [9.17, 15) is 22.8 Å². The molecule has 0 atom stereocenters. The van der Waals surface area contributed by atoms with Crippen LogP contribution >= 0.6 is 0 Å². The Labute approximate surface area is 180 Å². The van der Waals surface area contributed by atoms with E-state index in [2.05, 4.69) is 9.72 Å². The molecule has 32 heavy (non-hydrogen) atoms. The van der Waals surface area contributed by atoms with Crippen LogP contribution in [0.3, 0.4) is 0 Å². The number of nitrogens with zero attached hydrogens (tertiary/aromatic N) is 3. The number of hydrogen-bond acceptors (Lipinski definition) is 5. The highest BCUT2D eigenvalue weighted by Crippen LogP contribution is 2.50. The van der Waals surface area contributed by atoms with E-state index in [1.165, 1.54) is 23.2 Å². The van der Waals surface area contributed by atoms with Crippen LogP contribution in [-0.4, -0.2) is 33.7 Å². The highest BCUT2D eigenvalue weighted by molar-refractivity contribution is 6.24. The van der Waals surface area contributed by atoms with Crippen LogP contribution in [0.25, 0.3) is 10.9 Å². The molecule has 1 aliphatic carbocycles. The topological polar surface area (TPSA) is 88.8 Å². The van der Waals surface area contributed by atoms with Crippen molar-refractivity contribution in [2.75, 3.05) is 10.6 Å². The van der Waals surface area contributed by atoms with Gasteiger partial charge in [0.1, 0.15) is 11.3 Å². The number of aromatic nitrogens is 1. The molecule has 10 heteroatoms. The van der Waals surface area contributed by atoms with Crippen molar-refractivity contribution in [3.8, 4) is 5.75 Å². The van der Waals surface area contributed by atoms with Crippen molar-refractivity contribution in [1.29, 1.82) is 0 Å². The lowest BCUT2D eigenvalue weighted by atomic mass is 10.1. The Morgan fingerprint density at radius 1 is 1.06 bits per heavy atom. The fourth-order valence-corrected chi connectivity index (χ4v) is 4.11. The van der Waals surface area contributed by atoms with Crippen LogP contribution in [0.15, 0.2) is 54.7 Å². The number of nitrogens with two attached hydrogens (primary N) is 1. The number of carbonyl (C=O) groups is 2. The number of nitrogen functional groups attached to an aromatic ring is 1. The first-order valence-electron chi connectivity index (χ1n) is 9.84. The fraction of sp³-hybridized carbons (Fsp3) is 0.227. The molecule has 2 fully saturated rings. The maximum Gasteiger partial charge on any atom is 0.573 e. The molecule has 2 N–H and O–H groups in total. The molecular weight excluding hydrogens is 425 g/mol. The summed E-state index contributed by atoms with van der Waals surface area (Å²) >= 11 is 0. The van der Waals surface area contributed by atoms with Gasteiger partial charge in [0.25, 0.3) is 5.91 Å². The van der Waals surface area contributed by atoms with E-state index in [0.29, 0.717) is 24.1 Å². The van der Waals surface area contributed by atoms with Gasteiger partial charge in [-0.1, -0.05) is 18.2 Å². The highest BCUT2D eigenvalue weighted by Gasteiger charge is 2.65. The van der Waals surface area contributed by atoms with Gasteiger partial charge in [-0.2, -0.15) is 0 Å². The van der Waals surface area contributed by atoms with Crippen molar-refractivity contribution >= 4 is 34.2 Å². The van der Waals surface area contributed by atoms with Gasteiger partial charge in [-0.15, -0.1) is 13.2 Å². The number of para-hydroxylation sites is 1. The number of rotatable bonds is 4. The summed E-state index contributed by atoms with van der Waals surface area (Å²) in [5, 5.41) is 0.788. The number of anilines is 2. The Kier molecular flexibility index (Phi) is 4.30. The number of fused-ring (bicyclic) bond motifs is 1. The molecule has 0 radical (unpaired) electrons. The average Bonchev–Trinajstić information content (AvgIpc) is 3.51. The van der Waals surface area contributed by atoms with Gasteiger partial charge >= 0.3 is 12.4 Å². The van der Waals surface area contributed by atoms with E-state index in [-0.39, 0.29) is 12.2 Å². The largest absolute Gasteiger partial charge is 0.573 e. The Balaban J connectivity index is 1.47. The molecule has 2 aliphatic rings. The number of alkyl halides is 3. The van der Waals surface area contributed by atoms with Crippen molar-refractivity contribution in [2.45, 2.75) is 31.3 Å². The molecule has 2 heterocycles. The summed E-state index contributed by atoms with van der Waals surface area (Å²) in [6, 6.07) is 11.5. The maximum absolute atomic E-state index is 13.3. The number of carbonyl (C=O) groups excluding carboxylic acids is 2. The Hall–Kier alpha value is -3.82. The van der Waals surface area contributed by atoms with Gasteiger partial charge in [-0.25, -0.2) is 9.69 Å². The summed E-state index contributed by atoms with van der Waals surface area (Å²) in [4.78, 5) is 33.3. The lowest BCUT2D eigenvalue weighted by Gasteiger charge is -2.23. The second-order valence-electron chi connectivity index (χ2n) is 7.79. The summed E-state index contributed by atoms with van der Waals surface area (Å²) < 4.78 is 41.1. The second-order valence-corrected chi connectivity index (χ2v) is 7.79. The third-order valence-electron chi connectivity index (χ3n) is 5.83.